The molecule has 4 rings (SSSR count). The first-order chi connectivity index (χ1) is 13.7. The molecule has 1 aliphatic heterocycles. The first kappa shape index (κ1) is 18.2. The molecule has 2 aromatic heterocycles. The number of ether oxygens (including phenoxy) is 1. The Morgan fingerprint density at radius 3 is 2.61 bits per heavy atom. The second-order valence-corrected chi connectivity index (χ2v) is 6.72. The molecule has 1 saturated heterocycles. The van der Waals surface area contributed by atoms with E-state index in [0.717, 1.165) is 49.0 Å². The van der Waals surface area contributed by atoms with Crippen molar-refractivity contribution in [3.8, 4) is 17.0 Å². The molecule has 0 radical (unpaired) electrons. The summed E-state index contributed by atoms with van der Waals surface area (Å²) in [4.78, 5) is 21.2. The van der Waals surface area contributed by atoms with Crippen LogP contribution in [0.15, 0.2) is 65.6 Å². The van der Waals surface area contributed by atoms with Crippen LogP contribution in [0.2, 0.25) is 0 Å². The van der Waals surface area contributed by atoms with Crippen molar-refractivity contribution in [1.82, 2.24) is 19.7 Å². The predicted molar refractivity (Wildman–Crippen MR) is 109 cm³/mol. The molecular formula is C21H23N5O2. The second-order valence-electron chi connectivity index (χ2n) is 6.72. The maximum Gasteiger partial charge on any atom is 0.268 e. The minimum absolute atomic E-state index is 0.0983. The summed E-state index contributed by atoms with van der Waals surface area (Å²) in [5.41, 5.74) is 1.58. The van der Waals surface area contributed by atoms with E-state index in [2.05, 4.69) is 19.9 Å². The van der Waals surface area contributed by atoms with Gasteiger partial charge >= 0.3 is 0 Å². The van der Waals surface area contributed by atoms with E-state index < -0.39 is 0 Å². The average molecular weight is 377 g/mol. The van der Waals surface area contributed by atoms with Crippen molar-refractivity contribution in [3.05, 3.63) is 71.1 Å². The van der Waals surface area contributed by atoms with Crippen LogP contribution in [0.1, 0.15) is 0 Å². The Balaban J connectivity index is 1.46. The molecule has 1 aromatic carbocycles. The lowest BCUT2D eigenvalue weighted by atomic mass is 10.1. The van der Waals surface area contributed by atoms with E-state index in [1.165, 1.54) is 4.68 Å². The molecule has 0 saturated carbocycles. The van der Waals surface area contributed by atoms with Crippen LogP contribution >= 0.6 is 0 Å². The molecule has 1 fully saturated rings. The monoisotopic (exact) mass is 377 g/mol. The van der Waals surface area contributed by atoms with Gasteiger partial charge in [-0.1, -0.05) is 18.2 Å². The van der Waals surface area contributed by atoms with E-state index in [0.29, 0.717) is 6.67 Å². The topological polar surface area (TPSA) is 63.5 Å². The highest BCUT2D eigenvalue weighted by molar-refractivity contribution is 5.60. The van der Waals surface area contributed by atoms with Crippen LogP contribution in [0.3, 0.4) is 0 Å². The normalized spacial score (nSPS) is 14.8. The molecule has 28 heavy (non-hydrogen) atoms. The van der Waals surface area contributed by atoms with Gasteiger partial charge in [0.15, 0.2) is 0 Å². The van der Waals surface area contributed by atoms with Crippen LogP contribution in [0.5, 0.6) is 5.75 Å². The lowest BCUT2D eigenvalue weighted by Gasteiger charge is -2.35. The zero-order chi connectivity index (χ0) is 19.3. The molecule has 144 valence electrons. The first-order valence-corrected chi connectivity index (χ1v) is 9.34. The summed E-state index contributed by atoms with van der Waals surface area (Å²) in [6.07, 6.45) is 1.81. The number of nitrogens with zero attached hydrogens (tertiary/aromatic N) is 5. The minimum atomic E-state index is -0.0983. The summed E-state index contributed by atoms with van der Waals surface area (Å²) in [7, 11) is 1.64. The number of hydrogen-bond donors (Lipinski definition) is 0. The Hall–Kier alpha value is -3.19. The maximum absolute atomic E-state index is 12.3. The van der Waals surface area contributed by atoms with Gasteiger partial charge in [-0.25, -0.2) is 9.67 Å². The summed E-state index contributed by atoms with van der Waals surface area (Å²) in [5.74, 6) is 1.76. The van der Waals surface area contributed by atoms with Gasteiger partial charge in [0.1, 0.15) is 11.6 Å². The van der Waals surface area contributed by atoms with Gasteiger partial charge in [-0.3, -0.25) is 9.69 Å². The van der Waals surface area contributed by atoms with Gasteiger partial charge in [-0.2, -0.15) is 5.10 Å². The van der Waals surface area contributed by atoms with E-state index in [4.69, 9.17) is 4.74 Å². The third-order valence-corrected chi connectivity index (χ3v) is 4.91. The molecule has 0 bridgehead atoms. The van der Waals surface area contributed by atoms with Crippen molar-refractivity contribution < 1.29 is 4.74 Å². The number of piperazine rings is 1. The maximum atomic E-state index is 12.3. The van der Waals surface area contributed by atoms with Crippen molar-refractivity contribution in [1.29, 1.82) is 0 Å². The number of pyridine rings is 1. The zero-order valence-corrected chi connectivity index (χ0v) is 15.9. The highest BCUT2D eigenvalue weighted by Crippen LogP contribution is 2.21. The van der Waals surface area contributed by atoms with Gasteiger partial charge in [-0.05, 0) is 30.3 Å². The van der Waals surface area contributed by atoms with Crippen LogP contribution in [-0.4, -0.2) is 53.0 Å². The molecule has 0 atom stereocenters. The molecule has 3 aromatic rings. The molecule has 7 heteroatoms. The summed E-state index contributed by atoms with van der Waals surface area (Å²) >= 11 is 0. The van der Waals surface area contributed by atoms with Gasteiger partial charge < -0.3 is 9.64 Å². The smallest absolute Gasteiger partial charge is 0.268 e. The first-order valence-electron chi connectivity index (χ1n) is 9.34. The van der Waals surface area contributed by atoms with Gasteiger partial charge in [0, 0.05) is 44.0 Å². The van der Waals surface area contributed by atoms with Crippen LogP contribution in [0.4, 0.5) is 5.82 Å². The largest absolute Gasteiger partial charge is 0.497 e. The number of hydrogen-bond acceptors (Lipinski definition) is 6. The zero-order valence-electron chi connectivity index (χ0n) is 15.9. The van der Waals surface area contributed by atoms with E-state index in [1.807, 2.05) is 48.7 Å². The fourth-order valence-corrected chi connectivity index (χ4v) is 3.34. The van der Waals surface area contributed by atoms with Crippen molar-refractivity contribution in [3.63, 3.8) is 0 Å². The molecule has 1 aliphatic rings. The Morgan fingerprint density at radius 2 is 1.86 bits per heavy atom. The average Bonchev–Trinajstić information content (AvgIpc) is 2.76. The summed E-state index contributed by atoms with van der Waals surface area (Å²) in [6, 6.07) is 17.0. The second kappa shape index (κ2) is 8.22. The lowest BCUT2D eigenvalue weighted by Crippen LogP contribution is -2.48. The van der Waals surface area contributed by atoms with Gasteiger partial charge in [-0.15, -0.1) is 0 Å². The fourth-order valence-electron chi connectivity index (χ4n) is 3.34. The quantitative estimate of drug-likeness (QED) is 0.679. The van der Waals surface area contributed by atoms with Crippen molar-refractivity contribution in [2.24, 2.45) is 0 Å². The number of aromatic nitrogens is 3. The van der Waals surface area contributed by atoms with Crippen molar-refractivity contribution in [2.45, 2.75) is 6.67 Å². The Labute approximate surface area is 163 Å². The molecule has 0 spiro atoms. The highest BCUT2D eigenvalue weighted by atomic mass is 16.5. The number of methoxy groups -OCH3 is 1. The number of anilines is 1. The summed E-state index contributed by atoms with van der Waals surface area (Å²) in [6.45, 7) is 3.94. The van der Waals surface area contributed by atoms with Crippen LogP contribution in [0.25, 0.3) is 11.3 Å². The van der Waals surface area contributed by atoms with Gasteiger partial charge in [0.05, 0.1) is 19.5 Å². The van der Waals surface area contributed by atoms with E-state index in [9.17, 15) is 4.79 Å². The Bertz CT molecular complexity index is 981. The van der Waals surface area contributed by atoms with E-state index in [-0.39, 0.29) is 5.56 Å². The van der Waals surface area contributed by atoms with Crippen molar-refractivity contribution >= 4 is 5.82 Å². The van der Waals surface area contributed by atoms with Gasteiger partial charge in [0.2, 0.25) is 0 Å². The molecule has 7 nitrogen and oxygen atoms in total. The molecule has 0 N–H and O–H groups in total. The summed E-state index contributed by atoms with van der Waals surface area (Å²) < 4.78 is 6.82. The number of benzene rings is 1. The fraction of sp³-hybridized carbons (Fsp3) is 0.286. The molecule has 0 amide bonds. The molecule has 0 unspecified atom stereocenters. The Kier molecular flexibility index (Phi) is 5.34. The van der Waals surface area contributed by atoms with Crippen LogP contribution in [0, 0.1) is 0 Å². The number of rotatable bonds is 5. The lowest BCUT2D eigenvalue weighted by molar-refractivity contribution is 0.191. The molecular weight excluding hydrogens is 354 g/mol. The third kappa shape index (κ3) is 4.04. The van der Waals surface area contributed by atoms with Gasteiger partial charge in [0.25, 0.3) is 5.56 Å². The van der Waals surface area contributed by atoms with E-state index >= 15 is 0 Å². The Morgan fingerprint density at radius 1 is 1.00 bits per heavy atom. The minimum Gasteiger partial charge on any atom is -0.497 e. The van der Waals surface area contributed by atoms with Crippen LogP contribution in [-0.2, 0) is 6.67 Å². The standard InChI is InChI=1S/C21H23N5O2/c1-28-18-6-4-5-17(15-18)19-8-9-21(27)26(23-19)16-24-11-13-25(14-12-24)20-7-2-3-10-22-20/h2-10,15H,11-14,16H2,1H3. The van der Waals surface area contributed by atoms with Crippen LogP contribution < -0.4 is 15.2 Å². The summed E-state index contributed by atoms with van der Waals surface area (Å²) in [5, 5.41) is 4.57. The third-order valence-electron chi connectivity index (χ3n) is 4.91. The predicted octanol–water partition coefficient (Wildman–Crippen LogP) is 2.09. The van der Waals surface area contributed by atoms with Crippen molar-refractivity contribution in [2.75, 3.05) is 38.2 Å². The SMILES string of the molecule is COc1cccc(-c2ccc(=O)n(CN3CCN(c4ccccn4)CC3)n2)c1. The molecule has 0 aliphatic carbocycles. The highest BCUT2D eigenvalue weighted by Gasteiger charge is 2.18. The van der Waals surface area contributed by atoms with E-state index in [1.54, 1.807) is 19.2 Å². The molecule has 3 heterocycles.